The largest absolute Gasteiger partial charge is 0.315 e. The Kier molecular flexibility index (Phi) is 2.63. The van der Waals surface area contributed by atoms with E-state index in [0.29, 0.717) is 12.5 Å². The molecule has 3 nitrogen and oxygen atoms in total. The van der Waals surface area contributed by atoms with Gasteiger partial charge in [-0.1, -0.05) is 18.6 Å². The van der Waals surface area contributed by atoms with E-state index < -0.39 is 0 Å². The number of benzene rings is 1. The number of piperidine rings is 1. The first-order chi connectivity index (χ1) is 8.25. The molecule has 1 aromatic carbocycles. The first-order valence-corrected chi connectivity index (χ1v) is 6.38. The molecule has 1 saturated heterocycles. The lowest BCUT2D eigenvalue weighted by Crippen LogP contribution is -2.26. The number of amides is 1. The minimum Gasteiger partial charge on any atom is -0.315 e. The van der Waals surface area contributed by atoms with E-state index in [2.05, 4.69) is 23.5 Å². The highest BCUT2D eigenvalue weighted by Gasteiger charge is 2.25. The quantitative estimate of drug-likeness (QED) is 0.800. The number of hydrogen-bond acceptors (Lipinski definition) is 2. The fraction of sp³-hybridized carbons (Fsp3) is 0.500. The summed E-state index contributed by atoms with van der Waals surface area (Å²) in [5, 5.41) is 3.55. The third kappa shape index (κ3) is 1.84. The van der Waals surface area contributed by atoms with Crippen LogP contribution in [0.3, 0.4) is 0 Å². The number of fused-ring (bicyclic) bond motifs is 1. The minimum absolute atomic E-state index is 0.203. The van der Waals surface area contributed by atoms with E-state index in [0.717, 1.165) is 12.2 Å². The molecule has 1 amide bonds. The lowest BCUT2D eigenvalue weighted by Gasteiger charge is -2.24. The van der Waals surface area contributed by atoms with Crippen LogP contribution in [0.25, 0.3) is 0 Å². The molecule has 2 aliphatic heterocycles. The van der Waals surface area contributed by atoms with Gasteiger partial charge in [0.05, 0.1) is 6.42 Å². The second-order valence-electron chi connectivity index (χ2n) is 5.02. The van der Waals surface area contributed by atoms with Crippen molar-refractivity contribution in [3.63, 3.8) is 0 Å². The van der Waals surface area contributed by atoms with Gasteiger partial charge >= 0.3 is 0 Å². The highest BCUT2D eigenvalue weighted by molar-refractivity contribution is 6.00. The predicted molar refractivity (Wildman–Crippen MR) is 68.2 cm³/mol. The Morgan fingerprint density at radius 2 is 2.24 bits per heavy atom. The molecule has 1 unspecified atom stereocenters. The highest BCUT2D eigenvalue weighted by atomic mass is 16.2. The zero-order chi connectivity index (χ0) is 11.8. The van der Waals surface area contributed by atoms with Crippen molar-refractivity contribution in [3.8, 4) is 0 Å². The maximum absolute atomic E-state index is 11.6. The third-order valence-electron chi connectivity index (χ3n) is 3.89. The van der Waals surface area contributed by atoms with Gasteiger partial charge in [-0.15, -0.1) is 0 Å². The molecule has 2 aliphatic rings. The molecule has 3 heteroatoms. The fourth-order valence-electron chi connectivity index (χ4n) is 2.84. The monoisotopic (exact) mass is 230 g/mol. The molecule has 0 radical (unpaired) electrons. The van der Waals surface area contributed by atoms with Crippen molar-refractivity contribution in [2.24, 2.45) is 0 Å². The summed E-state index contributed by atoms with van der Waals surface area (Å²) in [7, 11) is 1.85. The molecule has 0 saturated carbocycles. The predicted octanol–water partition coefficient (Wildman–Crippen LogP) is 2.02. The van der Waals surface area contributed by atoms with E-state index in [1.807, 2.05) is 7.05 Å². The molecule has 90 valence electrons. The SMILES string of the molecule is CN1C(=O)Cc2cc(C3CCCCN3)ccc21. The van der Waals surface area contributed by atoms with Crippen molar-refractivity contribution < 1.29 is 4.79 Å². The van der Waals surface area contributed by atoms with Crippen molar-refractivity contribution in [3.05, 3.63) is 29.3 Å². The third-order valence-corrected chi connectivity index (χ3v) is 3.89. The smallest absolute Gasteiger partial charge is 0.231 e. The maximum atomic E-state index is 11.6. The summed E-state index contributed by atoms with van der Waals surface area (Å²) in [5.74, 6) is 0.203. The topological polar surface area (TPSA) is 32.3 Å². The van der Waals surface area contributed by atoms with Crippen LogP contribution >= 0.6 is 0 Å². The summed E-state index contributed by atoms with van der Waals surface area (Å²) >= 11 is 0. The van der Waals surface area contributed by atoms with Crippen LogP contribution in [0.4, 0.5) is 5.69 Å². The van der Waals surface area contributed by atoms with E-state index in [4.69, 9.17) is 0 Å². The Balaban J connectivity index is 1.89. The molecule has 0 aromatic heterocycles. The van der Waals surface area contributed by atoms with E-state index in [1.165, 1.54) is 30.4 Å². The number of rotatable bonds is 1. The number of nitrogens with one attached hydrogen (secondary N) is 1. The summed E-state index contributed by atoms with van der Waals surface area (Å²) < 4.78 is 0. The molecule has 1 atom stereocenters. The normalized spacial score (nSPS) is 23.9. The van der Waals surface area contributed by atoms with Gasteiger partial charge in [-0.3, -0.25) is 4.79 Å². The first-order valence-electron chi connectivity index (χ1n) is 6.38. The van der Waals surface area contributed by atoms with Crippen molar-refractivity contribution in [1.29, 1.82) is 0 Å². The van der Waals surface area contributed by atoms with Crippen molar-refractivity contribution in [1.82, 2.24) is 5.32 Å². The molecule has 1 fully saturated rings. The van der Waals surface area contributed by atoms with Crippen molar-refractivity contribution >= 4 is 11.6 Å². The Labute approximate surface area is 102 Å². The van der Waals surface area contributed by atoms with E-state index in [1.54, 1.807) is 4.90 Å². The van der Waals surface area contributed by atoms with Gasteiger partial charge in [-0.25, -0.2) is 0 Å². The van der Waals surface area contributed by atoms with Crippen LogP contribution in [0, 0.1) is 0 Å². The van der Waals surface area contributed by atoms with Gasteiger partial charge in [0.1, 0.15) is 0 Å². The molecule has 3 rings (SSSR count). The number of carbonyl (C=O) groups excluding carboxylic acids is 1. The molecule has 0 aliphatic carbocycles. The van der Waals surface area contributed by atoms with Crippen LogP contribution in [0.15, 0.2) is 18.2 Å². The number of hydrogen-bond donors (Lipinski definition) is 1. The molecule has 1 aromatic rings. The highest BCUT2D eigenvalue weighted by Crippen LogP contribution is 2.32. The van der Waals surface area contributed by atoms with Crippen molar-refractivity contribution in [2.45, 2.75) is 31.7 Å². The summed E-state index contributed by atoms with van der Waals surface area (Å²) in [6.45, 7) is 1.11. The lowest BCUT2D eigenvalue weighted by molar-refractivity contribution is -0.117. The Morgan fingerprint density at radius 1 is 1.35 bits per heavy atom. The fourth-order valence-corrected chi connectivity index (χ4v) is 2.84. The van der Waals surface area contributed by atoms with Crippen molar-refractivity contribution in [2.75, 3.05) is 18.5 Å². The first kappa shape index (κ1) is 10.8. The van der Waals surface area contributed by atoms with Gasteiger partial charge in [-0.05, 0) is 36.6 Å². The minimum atomic E-state index is 0.203. The van der Waals surface area contributed by atoms with Crippen LogP contribution in [0.5, 0.6) is 0 Å². The number of likely N-dealkylation sites (N-methyl/N-ethyl adjacent to an activating group) is 1. The molecule has 0 bridgehead atoms. The summed E-state index contributed by atoms with van der Waals surface area (Å²) in [6.07, 6.45) is 4.35. The molecular weight excluding hydrogens is 212 g/mol. The standard InChI is InChI=1S/C14H18N2O/c1-16-13-6-5-10(8-11(13)9-14(16)17)12-4-2-3-7-15-12/h5-6,8,12,15H,2-4,7,9H2,1H3. The van der Waals surface area contributed by atoms with Gasteiger partial charge in [0.2, 0.25) is 5.91 Å². The summed E-state index contributed by atoms with van der Waals surface area (Å²) in [4.78, 5) is 13.4. The molecular formula is C14H18N2O. The average Bonchev–Trinajstić information content (AvgIpc) is 2.66. The number of nitrogens with zero attached hydrogens (tertiary/aromatic N) is 1. The van der Waals surface area contributed by atoms with Gasteiger partial charge in [0, 0.05) is 18.8 Å². The Morgan fingerprint density at radius 3 is 3.00 bits per heavy atom. The molecule has 17 heavy (non-hydrogen) atoms. The van der Waals surface area contributed by atoms with Crippen LogP contribution in [-0.4, -0.2) is 19.5 Å². The molecule has 1 N–H and O–H groups in total. The molecule has 0 spiro atoms. The van der Waals surface area contributed by atoms with Gasteiger partial charge < -0.3 is 10.2 Å². The van der Waals surface area contributed by atoms with E-state index >= 15 is 0 Å². The Bertz CT molecular complexity index is 450. The number of carbonyl (C=O) groups is 1. The lowest BCUT2D eigenvalue weighted by atomic mass is 9.95. The molecule has 2 heterocycles. The summed E-state index contributed by atoms with van der Waals surface area (Å²) in [5.41, 5.74) is 3.60. The van der Waals surface area contributed by atoms with E-state index in [-0.39, 0.29) is 5.91 Å². The van der Waals surface area contributed by atoms with Gasteiger partial charge in [0.15, 0.2) is 0 Å². The van der Waals surface area contributed by atoms with Crippen LogP contribution in [0.1, 0.15) is 36.4 Å². The van der Waals surface area contributed by atoms with Gasteiger partial charge in [-0.2, -0.15) is 0 Å². The Hall–Kier alpha value is -1.35. The van der Waals surface area contributed by atoms with Crippen LogP contribution in [0.2, 0.25) is 0 Å². The maximum Gasteiger partial charge on any atom is 0.231 e. The van der Waals surface area contributed by atoms with Gasteiger partial charge in [0.25, 0.3) is 0 Å². The summed E-state index contributed by atoms with van der Waals surface area (Å²) in [6, 6.07) is 6.94. The van der Waals surface area contributed by atoms with Crippen LogP contribution in [-0.2, 0) is 11.2 Å². The second-order valence-corrected chi connectivity index (χ2v) is 5.02. The second kappa shape index (κ2) is 4.15. The zero-order valence-corrected chi connectivity index (χ0v) is 10.2. The van der Waals surface area contributed by atoms with E-state index in [9.17, 15) is 4.79 Å². The number of anilines is 1. The van der Waals surface area contributed by atoms with Crippen LogP contribution < -0.4 is 10.2 Å². The zero-order valence-electron chi connectivity index (χ0n) is 10.2. The average molecular weight is 230 g/mol.